The third-order valence-electron chi connectivity index (χ3n) is 5.44. The number of piperidine rings is 1. The van der Waals surface area contributed by atoms with Crippen molar-refractivity contribution in [2.75, 3.05) is 18.8 Å². The van der Waals surface area contributed by atoms with Crippen LogP contribution in [0.2, 0.25) is 0 Å². The van der Waals surface area contributed by atoms with E-state index >= 15 is 0 Å². The van der Waals surface area contributed by atoms with Gasteiger partial charge in [0, 0.05) is 25.0 Å². The monoisotopic (exact) mass is 369 g/mol. The maximum atomic E-state index is 12.5. The van der Waals surface area contributed by atoms with Crippen LogP contribution in [0.3, 0.4) is 0 Å². The fourth-order valence-corrected chi connectivity index (χ4v) is 4.92. The predicted octanol–water partition coefficient (Wildman–Crippen LogP) is 0.940. The lowest BCUT2D eigenvalue weighted by Gasteiger charge is -2.33. The number of nitrogens with one attached hydrogen (secondary N) is 1. The van der Waals surface area contributed by atoms with Crippen LogP contribution in [0.4, 0.5) is 0 Å². The van der Waals surface area contributed by atoms with Crippen molar-refractivity contribution in [3.8, 4) is 0 Å². The highest BCUT2D eigenvalue weighted by molar-refractivity contribution is 7.89. The maximum Gasteiger partial charge on any atom is 0.223 e. The molecular formula is C16H27N5O3S. The van der Waals surface area contributed by atoms with Crippen molar-refractivity contribution in [2.45, 2.75) is 57.5 Å². The van der Waals surface area contributed by atoms with Gasteiger partial charge in [-0.05, 0) is 45.4 Å². The lowest BCUT2D eigenvalue weighted by Crippen LogP contribution is -2.46. The van der Waals surface area contributed by atoms with E-state index in [0.717, 1.165) is 25.7 Å². The zero-order chi connectivity index (χ0) is 17.9. The van der Waals surface area contributed by atoms with Gasteiger partial charge in [-0.1, -0.05) is 0 Å². The third kappa shape index (κ3) is 4.38. The Bertz CT molecular complexity index is 660. The van der Waals surface area contributed by atoms with Gasteiger partial charge in [0.05, 0.1) is 11.8 Å². The van der Waals surface area contributed by atoms with Gasteiger partial charge in [-0.2, -0.15) is 5.10 Å². The molecule has 0 spiro atoms. The van der Waals surface area contributed by atoms with Crippen molar-refractivity contribution in [1.82, 2.24) is 24.4 Å². The van der Waals surface area contributed by atoms with Gasteiger partial charge < -0.3 is 5.32 Å². The van der Waals surface area contributed by atoms with Crippen LogP contribution < -0.4 is 5.32 Å². The van der Waals surface area contributed by atoms with Gasteiger partial charge in [-0.15, -0.1) is 0 Å². The van der Waals surface area contributed by atoms with Gasteiger partial charge in [-0.25, -0.2) is 22.4 Å². The van der Waals surface area contributed by atoms with Crippen LogP contribution in [-0.4, -0.2) is 58.3 Å². The predicted molar refractivity (Wildman–Crippen MR) is 93.2 cm³/mol. The van der Waals surface area contributed by atoms with Crippen LogP contribution in [0.5, 0.6) is 0 Å². The highest BCUT2D eigenvalue weighted by atomic mass is 32.2. The Kier molecular flexibility index (Phi) is 5.73. The van der Waals surface area contributed by atoms with E-state index in [-0.39, 0.29) is 23.6 Å². The van der Waals surface area contributed by atoms with E-state index in [1.165, 1.54) is 4.31 Å². The summed E-state index contributed by atoms with van der Waals surface area (Å²) < 4.78 is 27.2. The molecule has 3 rings (SSSR count). The molecule has 0 unspecified atom stereocenters. The zero-order valence-corrected chi connectivity index (χ0v) is 15.5. The molecule has 0 radical (unpaired) electrons. The van der Waals surface area contributed by atoms with Gasteiger partial charge in [0.25, 0.3) is 0 Å². The Balaban J connectivity index is 1.43. The van der Waals surface area contributed by atoms with E-state index in [1.54, 1.807) is 19.6 Å². The highest BCUT2D eigenvalue weighted by Crippen LogP contribution is 2.28. The van der Waals surface area contributed by atoms with Crippen molar-refractivity contribution in [2.24, 2.45) is 5.92 Å². The molecule has 0 bridgehead atoms. The van der Waals surface area contributed by atoms with Crippen LogP contribution in [0.25, 0.3) is 0 Å². The molecule has 1 aliphatic carbocycles. The number of carbonyl (C=O) groups excluding carboxylic acids is 1. The number of aromatic nitrogens is 3. The minimum atomic E-state index is -3.14. The first kappa shape index (κ1) is 18.3. The summed E-state index contributed by atoms with van der Waals surface area (Å²) in [4.78, 5) is 16.5. The minimum absolute atomic E-state index is 0.0728. The van der Waals surface area contributed by atoms with Crippen molar-refractivity contribution in [3.63, 3.8) is 0 Å². The second-order valence-corrected chi connectivity index (χ2v) is 9.22. The average molecular weight is 369 g/mol. The van der Waals surface area contributed by atoms with Crippen LogP contribution in [0.1, 0.15) is 51.5 Å². The summed E-state index contributed by atoms with van der Waals surface area (Å²) in [5.41, 5.74) is 0. The number of hydrogen-bond acceptors (Lipinski definition) is 5. The van der Waals surface area contributed by atoms with Crippen LogP contribution >= 0.6 is 0 Å². The van der Waals surface area contributed by atoms with Crippen LogP contribution in [-0.2, 0) is 14.8 Å². The van der Waals surface area contributed by atoms with Gasteiger partial charge >= 0.3 is 0 Å². The molecule has 1 aliphatic heterocycles. The smallest absolute Gasteiger partial charge is 0.223 e. The van der Waals surface area contributed by atoms with Crippen LogP contribution in [0.15, 0.2) is 12.7 Å². The lowest BCUT2D eigenvalue weighted by molar-refractivity contribution is -0.127. The summed E-state index contributed by atoms with van der Waals surface area (Å²) in [6, 6.07) is 0.586. The lowest BCUT2D eigenvalue weighted by atomic mass is 9.90. The number of carbonyl (C=O) groups is 1. The first-order valence-electron chi connectivity index (χ1n) is 9.12. The van der Waals surface area contributed by atoms with E-state index in [1.807, 2.05) is 4.68 Å². The Labute approximate surface area is 149 Å². The molecule has 9 heteroatoms. The van der Waals surface area contributed by atoms with E-state index in [0.29, 0.717) is 32.0 Å². The molecule has 140 valence electrons. The molecule has 8 nitrogen and oxygen atoms in total. The maximum absolute atomic E-state index is 12.5. The largest absolute Gasteiger partial charge is 0.353 e. The van der Waals surface area contributed by atoms with E-state index in [9.17, 15) is 13.2 Å². The third-order valence-corrected chi connectivity index (χ3v) is 7.32. The Morgan fingerprint density at radius 1 is 1.16 bits per heavy atom. The van der Waals surface area contributed by atoms with Crippen molar-refractivity contribution in [1.29, 1.82) is 0 Å². The van der Waals surface area contributed by atoms with Crippen molar-refractivity contribution in [3.05, 3.63) is 12.7 Å². The first-order chi connectivity index (χ1) is 12.0. The first-order valence-corrected chi connectivity index (χ1v) is 10.7. The van der Waals surface area contributed by atoms with E-state index < -0.39 is 10.0 Å². The molecule has 25 heavy (non-hydrogen) atoms. The standard InChI is InChI=1S/C16H27N5O3S/c1-2-25(23,24)20-9-7-13(8-10-20)16(22)19-14-3-5-15(6-4-14)21-12-17-11-18-21/h11-15H,2-10H2,1H3,(H,19,22). The zero-order valence-electron chi connectivity index (χ0n) is 14.7. The Morgan fingerprint density at radius 3 is 2.40 bits per heavy atom. The summed E-state index contributed by atoms with van der Waals surface area (Å²) in [6.07, 6.45) is 8.39. The number of rotatable bonds is 5. The molecular weight excluding hydrogens is 342 g/mol. The van der Waals surface area contributed by atoms with Gasteiger partial charge in [-0.3, -0.25) is 4.79 Å². The Hall–Kier alpha value is -1.48. The highest BCUT2D eigenvalue weighted by Gasteiger charge is 2.32. The molecule has 2 heterocycles. The SMILES string of the molecule is CCS(=O)(=O)N1CCC(C(=O)NC2CCC(n3cncn3)CC2)CC1. The summed E-state index contributed by atoms with van der Waals surface area (Å²) in [7, 11) is -3.14. The topological polar surface area (TPSA) is 97.2 Å². The molecule has 0 aromatic carbocycles. The normalized spacial score (nSPS) is 26.4. The molecule has 1 amide bonds. The fourth-order valence-electron chi connectivity index (χ4n) is 3.79. The summed E-state index contributed by atoms with van der Waals surface area (Å²) in [5.74, 6) is 0.132. The number of sulfonamides is 1. The van der Waals surface area contributed by atoms with Gasteiger partial charge in [0.15, 0.2) is 0 Å². The second kappa shape index (κ2) is 7.82. The Morgan fingerprint density at radius 2 is 1.84 bits per heavy atom. The summed E-state index contributed by atoms with van der Waals surface area (Å²) in [6.45, 7) is 2.56. The quantitative estimate of drug-likeness (QED) is 0.833. The fraction of sp³-hybridized carbons (Fsp3) is 0.812. The van der Waals surface area contributed by atoms with Gasteiger partial charge in [0.1, 0.15) is 12.7 Å². The molecule has 0 atom stereocenters. The minimum Gasteiger partial charge on any atom is -0.353 e. The number of amides is 1. The summed E-state index contributed by atoms with van der Waals surface area (Å²) >= 11 is 0. The molecule has 1 N–H and O–H groups in total. The van der Waals surface area contributed by atoms with E-state index in [4.69, 9.17) is 0 Å². The van der Waals surface area contributed by atoms with Crippen molar-refractivity contribution >= 4 is 15.9 Å². The molecule has 1 aromatic heterocycles. The molecule has 2 fully saturated rings. The van der Waals surface area contributed by atoms with Crippen LogP contribution in [0, 0.1) is 5.92 Å². The average Bonchev–Trinajstić information content (AvgIpc) is 3.17. The molecule has 2 aliphatic rings. The molecule has 1 saturated heterocycles. The van der Waals surface area contributed by atoms with Crippen molar-refractivity contribution < 1.29 is 13.2 Å². The number of hydrogen-bond donors (Lipinski definition) is 1. The molecule has 1 saturated carbocycles. The second-order valence-electron chi connectivity index (χ2n) is 6.96. The van der Waals surface area contributed by atoms with E-state index in [2.05, 4.69) is 15.4 Å². The van der Waals surface area contributed by atoms with Gasteiger partial charge in [0.2, 0.25) is 15.9 Å². The molecule has 1 aromatic rings. The number of nitrogens with zero attached hydrogens (tertiary/aromatic N) is 4. The summed E-state index contributed by atoms with van der Waals surface area (Å²) in [5, 5.41) is 7.37.